The van der Waals surface area contributed by atoms with Crippen molar-refractivity contribution in [1.82, 2.24) is 13.9 Å². The van der Waals surface area contributed by atoms with Gasteiger partial charge in [0.05, 0.1) is 5.75 Å². The van der Waals surface area contributed by atoms with E-state index in [2.05, 4.69) is 20.8 Å². The lowest BCUT2D eigenvalue weighted by Crippen LogP contribution is -2.05. The Labute approximate surface area is 121 Å². The van der Waals surface area contributed by atoms with Gasteiger partial charge in [0, 0.05) is 23.5 Å². The van der Waals surface area contributed by atoms with Gasteiger partial charge in [-0.3, -0.25) is 4.79 Å². The van der Waals surface area contributed by atoms with Gasteiger partial charge in [-0.2, -0.15) is 4.37 Å². The summed E-state index contributed by atoms with van der Waals surface area (Å²) in [5.41, 5.74) is 3.02. The molecule has 0 bridgehead atoms. The predicted octanol–water partition coefficient (Wildman–Crippen LogP) is 3.26. The van der Waals surface area contributed by atoms with Crippen LogP contribution in [0.3, 0.4) is 0 Å². The minimum atomic E-state index is 0.158. The van der Waals surface area contributed by atoms with Crippen molar-refractivity contribution in [3.8, 4) is 0 Å². The maximum Gasteiger partial charge on any atom is 0.174 e. The van der Waals surface area contributed by atoms with Crippen LogP contribution in [-0.2, 0) is 6.54 Å². The second kappa shape index (κ2) is 5.88. The number of hydrogen-bond acceptors (Lipinski definition) is 5. The summed E-state index contributed by atoms with van der Waals surface area (Å²) in [6.07, 6.45) is 0. The van der Waals surface area contributed by atoms with Crippen molar-refractivity contribution in [2.45, 2.75) is 38.6 Å². The molecule has 0 N–H and O–H groups in total. The smallest absolute Gasteiger partial charge is 0.174 e. The fourth-order valence-electron chi connectivity index (χ4n) is 2.11. The maximum atomic E-state index is 12.2. The fraction of sp³-hybridized carbons (Fsp3) is 0.462. The van der Waals surface area contributed by atoms with Crippen molar-refractivity contribution in [3.05, 3.63) is 28.8 Å². The molecular weight excluding hydrogens is 278 g/mol. The number of thioether (sulfide) groups is 1. The Morgan fingerprint density at radius 2 is 2.16 bits per heavy atom. The minimum Gasteiger partial charge on any atom is -0.349 e. The van der Waals surface area contributed by atoms with Gasteiger partial charge in [0.15, 0.2) is 10.1 Å². The van der Waals surface area contributed by atoms with Crippen LogP contribution in [0, 0.1) is 20.8 Å². The second-order valence-electron chi connectivity index (χ2n) is 4.35. The molecule has 2 aromatic rings. The topological polar surface area (TPSA) is 47.8 Å². The fourth-order valence-corrected chi connectivity index (χ4v) is 3.64. The Morgan fingerprint density at radius 3 is 2.68 bits per heavy atom. The van der Waals surface area contributed by atoms with E-state index in [4.69, 9.17) is 0 Å². The summed E-state index contributed by atoms with van der Waals surface area (Å²) in [5.74, 6) is 1.34. The van der Waals surface area contributed by atoms with E-state index >= 15 is 0 Å². The van der Waals surface area contributed by atoms with Gasteiger partial charge in [0.25, 0.3) is 0 Å². The molecule has 0 aromatic carbocycles. The average Bonchev–Trinajstić information content (AvgIpc) is 2.90. The molecule has 0 unspecified atom stereocenters. The summed E-state index contributed by atoms with van der Waals surface area (Å²) < 4.78 is 7.13. The molecule has 0 aliphatic carbocycles. The van der Waals surface area contributed by atoms with Crippen LogP contribution in [0.4, 0.5) is 0 Å². The number of aromatic nitrogens is 3. The van der Waals surface area contributed by atoms with Crippen molar-refractivity contribution in [2.24, 2.45) is 0 Å². The lowest BCUT2D eigenvalue weighted by Gasteiger charge is -2.05. The summed E-state index contributed by atoms with van der Waals surface area (Å²) in [6, 6.07) is 1.98. The zero-order chi connectivity index (χ0) is 14.0. The van der Waals surface area contributed by atoms with Crippen LogP contribution in [0.25, 0.3) is 0 Å². The van der Waals surface area contributed by atoms with Crippen molar-refractivity contribution in [3.63, 3.8) is 0 Å². The first kappa shape index (κ1) is 14.3. The largest absolute Gasteiger partial charge is 0.349 e. The molecule has 4 nitrogen and oxygen atoms in total. The molecule has 0 atom stereocenters. The van der Waals surface area contributed by atoms with Crippen LogP contribution < -0.4 is 0 Å². The van der Waals surface area contributed by atoms with Crippen molar-refractivity contribution < 1.29 is 4.79 Å². The number of carbonyl (C=O) groups is 1. The lowest BCUT2D eigenvalue weighted by atomic mass is 10.2. The Bertz CT molecular complexity index is 601. The highest BCUT2D eigenvalue weighted by atomic mass is 32.2. The molecule has 0 fully saturated rings. The Hall–Kier alpha value is -1.14. The number of nitrogens with zero attached hydrogens (tertiary/aromatic N) is 3. The molecule has 2 rings (SSSR count). The van der Waals surface area contributed by atoms with Crippen molar-refractivity contribution >= 4 is 29.1 Å². The Balaban J connectivity index is 2.08. The molecule has 0 radical (unpaired) electrons. The summed E-state index contributed by atoms with van der Waals surface area (Å²) >= 11 is 2.81. The highest BCUT2D eigenvalue weighted by molar-refractivity contribution is 8.01. The molecule has 0 aliphatic rings. The average molecular weight is 295 g/mol. The monoisotopic (exact) mass is 295 g/mol. The van der Waals surface area contributed by atoms with Crippen LogP contribution in [0.15, 0.2) is 10.4 Å². The quantitative estimate of drug-likeness (QED) is 0.627. The van der Waals surface area contributed by atoms with E-state index in [1.165, 1.54) is 23.3 Å². The lowest BCUT2D eigenvalue weighted by molar-refractivity contribution is 0.102. The van der Waals surface area contributed by atoms with Crippen molar-refractivity contribution in [2.75, 3.05) is 5.75 Å². The van der Waals surface area contributed by atoms with E-state index in [1.807, 2.05) is 26.8 Å². The summed E-state index contributed by atoms with van der Waals surface area (Å²) in [7, 11) is 0. The van der Waals surface area contributed by atoms with Gasteiger partial charge in [0.1, 0.15) is 5.82 Å². The Kier molecular flexibility index (Phi) is 4.42. The van der Waals surface area contributed by atoms with E-state index in [0.29, 0.717) is 5.75 Å². The van der Waals surface area contributed by atoms with Crippen LogP contribution in [0.2, 0.25) is 0 Å². The van der Waals surface area contributed by atoms with Gasteiger partial charge in [-0.1, -0.05) is 11.8 Å². The number of ketones is 1. The summed E-state index contributed by atoms with van der Waals surface area (Å²) in [5, 5.41) is 0. The molecule has 0 spiro atoms. The first-order valence-corrected chi connectivity index (χ1v) is 7.91. The summed E-state index contributed by atoms with van der Waals surface area (Å²) in [6.45, 7) is 8.88. The third-order valence-electron chi connectivity index (χ3n) is 3.03. The van der Waals surface area contributed by atoms with E-state index in [0.717, 1.165) is 33.7 Å². The molecule has 2 aromatic heterocycles. The van der Waals surface area contributed by atoms with Crippen LogP contribution in [0.5, 0.6) is 0 Å². The first-order valence-electron chi connectivity index (χ1n) is 6.16. The highest BCUT2D eigenvalue weighted by Gasteiger charge is 2.15. The standard InChI is InChI=1S/C13H17N3OS2/c1-5-16-8(2)6-11(9(16)3)12(17)7-18-13-14-10(4)15-19-13/h6H,5,7H2,1-4H3. The SMILES string of the molecule is CCn1c(C)cc(C(=O)CSc2nc(C)ns2)c1C. The molecule has 19 heavy (non-hydrogen) atoms. The zero-order valence-electron chi connectivity index (χ0n) is 11.6. The normalized spacial score (nSPS) is 10.9. The minimum absolute atomic E-state index is 0.158. The zero-order valence-corrected chi connectivity index (χ0v) is 13.2. The molecule has 6 heteroatoms. The maximum absolute atomic E-state index is 12.2. The first-order chi connectivity index (χ1) is 9.02. The van der Waals surface area contributed by atoms with Gasteiger partial charge < -0.3 is 4.57 Å². The van der Waals surface area contributed by atoms with Gasteiger partial charge in [-0.05, 0) is 45.3 Å². The molecule has 0 aliphatic heterocycles. The molecule has 0 amide bonds. The third-order valence-corrected chi connectivity index (χ3v) is 4.95. The highest BCUT2D eigenvalue weighted by Crippen LogP contribution is 2.23. The van der Waals surface area contributed by atoms with Crippen molar-refractivity contribution in [1.29, 1.82) is 0 Å². The predicted molar refractivity (Wildman–Crippen MR) is 79.3 cm³/mol. The van der Waals surface area contributed by atoms with E-state index < -0.39 is 0 Å². The van der Waals surface area contributed by atoms with Gasteiger partial charge in [-0.25, -0.2) is 4.98 Å². The number of rotatable bonds is 5. The van der Waals surface area contributed by atoms with Gasteiger partial charge in [-0.15, -0.1) is 0 Å². The van der Waals surface area contributed by atoms with E-state index in [9.17, 15) is 4.79 Å². The molecular formula is C13H17N3OS2. The number of carbonyl (C=O) groups excluding carboxylic acids is 1. The third kappa shape index (κ3) is 3.06. The second-order valence-corrected chi connectivity index (χ2v) is 6.32. The molecule has 0 saturated carbocycles. The molecule has 102 valence electrons. The van der Waals surface area contributed by atoms with Gasteiger partial charge in [0.2, 0.25) is 0 Å². The van der Waals surface area contributed by atoms with Crippen LogP contribution in [0.1, 0.15) is 34.5 Å². The number of hydrogen-bond donors (Lipinski definition) is 0. The molecule has 2 heterocycles. The number of aryl methyl sites for hydroxylation is 2. The number of Topliss-reactive ketones (excluding diaryl/α,β-unsaturated/α-hetero) is 1. The van der Waals surface area contributed by atoms with E-state index in [1.54, 1.807) is 0 Å². The summed E-state index contributed by atoms with van der Waals surface area (Å²) in [4.78, 5) is 16.5. The van der Waals surface area contributed by atoms with E-state index in [-0.39, 0.29) is 5.78 Å². The van der Waals surface area contributed by atoms with Crippen LogP contribution in [-0.4, -0.2) is 25.5 Å². The van der Waals surface area contributed by atoms with Gasteiger partial charge >= 0.3 is 0 Å². The van der Waals surface area contributed by atoms with Crippen LogP contribution >= 0.6 is 23.3 Å². The Morgan fingerprint density at radius 1 is 1.42 bits per heavy atom. The molecule has 0 saturated heterocycles.